The fraction of sp³-hybridized carbons (Fsp3) is 0.333. The Hall–Kier alpha value is -0.940. The zero-order chi connectivity index (χ0) is 11.6. The van der Waals surface area contributed by atoms with E-state index in [1.54, 1.807) is 13.0 Å². The summed E-state index contributed by atoms with van der Waals surface area (Å²) in [6.45, 7) is 3.06. The van der Waals surface area contributed by atoms with Gasteiger partial charge >= 0.3 is 0 Å². The first-order chi connectivity index (χ1) is 6.80. The van der Waals surface area contributed by atoms with Crippen LogP contribution in [-0.4, -0.2) is 19.2 Å². The van der Waals surface area contributed by atoms with E-state index in [2.05, 4.69) is 4.98 Å². The Morgan fingerprint density at radius 1 is 1.53 bits per heavy atom. The van der Waals surface area contributed by atoms with Gasteiger partial charge in [0.05, 0.1) is 0 Å². The van der Waals surface area contributed by atoms with E-state index >= 15 is 0 Å². The van der Waals surface area contributed by atoms with Gasteiger partial charge in [-0.05, 0) is 25.5 Å². The summed E-state index contributed by atoms with van der Waals surface area (Å²) in [6.07, 6.45) is 1.37. The Balaban J connectivity index is 3.15. The maximum absolute atomic E-state index is 11.0. The van der Waals surface area contributed by atoms with Crippen LogP contribution in [0.4, 0.5) is 0 Å². The second kappa shape index (κ2) is 4.28. The summed E-state index contributed by atoms with van der Waals surface area (Å²) < 4.78 is 22.1. The standard InChI is InChI=1S/C9H10ClNO3S/c1-6-3-8(4-7(2)12)11-5-9(6)15(10,13)14/h3,5H,4H2,1-2H3. The summed E-state index contributed by atoms with van der Waals surface area (Å²) in [5.41, 5.74) is 1.04. The van der Waals surface area contributed by atoms with Crippen LogP contribution in [0.2, 0.25) is 0 Å². The van der Waals surface area contributed by atoms with Gasteiger partial charge in [0.1, 0.15) is 10.7 Å². The zero-order valence-corrected chi connectivity index (χ0v) is 9.89. The van der Waals surface area contributed by atoms with Crippen LogP contribution in [0.1, 0.15) is 18.2 Å². The molecule has 0 aromatic carbocycles. The highest BCUT2D eigenvalue weighted by atomic mass is 35.7. The van der Waals surface area contributed by atoms with Crippen LogP contribution in [-0.2, 0) is 20.3 Å². The SMILES string of the molecule is CC(=O)Cc1cc(C)c(S(=O)(=O)Cl)cn1. The van der Waals surface area contributed by atoms with E-state index in [-0.39, 0.29) is 17.1 Å². The van der Waals surface area contributed by atoms with Gasteiger partial charge in [-0.2, -0.15) is 0 Å². The van der Waals surface area contributed by atoms with E-state index in [4.69, 9.17) is 10.7 Å². The maximum atomic E-state index is 11.0. The number of hydrogen-bond acceptors (Lipinski definition) is 4. The van der Waals surface area contributed by atoms with Crippen molar-refractivity contribution in [3.05, 3.63) is 23.5 Å². The lowest BCUT2D eigenvalue weighted by atomic mass is 10.2. The fourth-order valence-corrected chi connectivity index (χ4v) is 2.32. The molecule has 0 saturated carbocycles. The van der Waals surface area contributed by atoms with E-state index in [1.807, 2.05) is 0 Å². The van der Waals surface area contributed by atoms with Gasteiger partial charge in [-0.25, -0.2) is 8.42 Å². The lowest BCUT2D eigenvalue weighted by molar-refractivity contribution is -0.116. The molecule has 0 aliphatic heterocycles. The molecule has 1 aromatic heterocycles. The van der Waals surface area contributed by atoms with E-state index in [0.29, 0.717) is 11.3 Å². The summed E-state index contributed by atoms with van der Waals surface area (Å²) in [4.78, 5) is 14.7. The third-order valence-corrected chi connectivity index (χ3v) is 3.26. The van der Waals surface area contributed by atoms with Gasteiger partial charge in [0.25, 0.3) is 9.05 Å². The minimum atomic E-state index is -3.75. The smallest absolute Gasteiger partial charge is 0.263 e. The van der Waals surface area contributed by atoms with Crippen molar-refractivity contribution < 1.29 is 13.2 Å². The summed E-state index contributed by atoms with van der Waals surface area (Å²) in [5.74, 6) is -0.0246. The van der Waals surface area contributed by atoms with Crippen molar-refractivity contribution in [2.24, 2.45) is 0 Å². The number of pyridine rings is 1. The average molecular weight is 248 g/mol. The molecule has 6 heteroatoms. The van der Waals surface area contributed by atoms with Gasteiger partial charge < -0.3 is 0 Å². The topological polar surface area (TPSA) is 64.1 Å². The summed E-state index contributed by atoms with van der Waals surface area (Å²) in [6, 6.07) is 1.55. The summed E-state index contributed by atoms with van der Waals surface area (Å²) in [7, 11) is 1.43. The van der Waals surface area contributed by atoms with Crippen molar-refractivity contribution >= 4 is 25.5 Å². The fourth-order valence-electron chi connectivity index (χ4n) is 1.21. The molecule has 0 bridgehead atoms. The number of nitrogens with zero attached hydrogens (tertiary/aromatic N) is 1. The van der Waals surface area contributed by atoms with Crippen molar-refractivity contribution in [2.45, 2.75) is 25.2 Å². The molecular weight excluding hydrogens is 238 g/mol. The molecule has 1 aromatic rings. The Kier molecular flexibility index (Phi) is 3.46. The van der Waals surface area contributed by atoms with E-state index < -0.39 is 9.05 Å². The predicted octanol–water partition coefficient (Wildman–Crippen LogP) is 1.45. The van der Waals surface area contributed by atoms with Crippen molar-refractivity contribution in [3.63, 3.8) is 0 Å². The van der Waals surface area contributed by atoms with E-state index in [1.165, 1.54) is 13.1 Å². The maximum Gasteiger partial charge on any atom is 0.263 e. The van der Waals surface area contributed by atoms with Gasteiger partial charge in [-0.1, -0.05) is 0 Å². The molecule has 0 unspecified atom stereocenters. The number of aromatic nitrogens is 1. The van der Waals surface area contributed by atoms with Crippen LogP contribution in [0.15, 0.2) is 17.2 Å². The molecule has 0 spiro atoms. The second-order valence-electron chi connectivity index (χ2n) is 3.26. The first-order valence-corrected chi connectivity index (χ1v) is 6.51. The number of Topliss-reactive ketones (excluding diaryl/α,β-unsaturated/α-hetero) is 1. The molecule has 0 atom stereocenters. The molecule has 15 heavy (non-hydrogen) atoms. The van der Waals surface area contributed by atoms with E-state index in [9.17, 15) is 13.2 Å². The van der Waals surface area contributed by atoms with Crippen LogP contribution < -0.4 is 0 Å². The summed E-state index contributed by atoms with van der Waals surface area (Å²) in [5, 5.41) is 0. The number of carbonyl (C=O) groups excluding carboxylic acids is 1. The summed E-state index contributed by atoms with van der Waals surface area (Å²) >= 11 is 0. The molecule has 0 N–H and O–H groups in total. The van der Waals surface area contributed by atoms with Crippen LogP contribution >= 0.6 is 10.7 Å². The quantitative estimate of drug-likeness (QED) is 0.759. The molecule has 0 saturated heterocycles. The predicted molar refractivity (Wildman–Crippen MR) is 56.4 cm³/mol. The van der Waals surface area contributed by atoms with Crippen LogP contribution in [0.3, 0.4) is 0 Å². The molecule has 0 fully saturated rings. The number of carbonyl (C=O) groups is 1. The minimum absolute atomic E-state index is 0.0172. The van der Waals surface area contributed by atoms with Crippen LogP contribution in [0, 0.1) is 6.92 Å². The third-order valence-electron chi connectivity index (χ3n) is 1.81. The average Bonchev–Trinajstić information content (AvgIpc) is 1.99. The Labute approximate surface area is 92.7 Å². The van der Waals surface area contributed by atoms with Crippen molar-refractivity contribution in [2.75, 3.05) is 0 Å². The highest BCUT2D eigenvalue weighted by Crippen LogP contribution is 2.18. The molecule has 1 heterocycles. The van der Waals surface area contributed by atoms with E-state index in [0.717, 1.165) is 0 Å². The lowest BCUT2D eigenvalue weighted by Gasteiger charge is -2.03. The van der Waals surface area contributed by atoms with Gasteiger partial charge in [-0.15, -0.1) is 0 Å². The number of aryl methyl sites for hydroxylation is 1. The van der Waals surface area contributed by atoms with Crippen molar-refractivity contribution in [3.8, 4) is 0 Å². The van der Waals surface area contributed by atoms with Gasteiger partial charge in [-0.3, -0.25) is 9.78 Å². The second-order valence-corrected chi connectivity index (χ2v) is 5.79. The first-order valence-electron chi connectivity index (χ1n) is 4.20. The number of ketones is 1. The molecule has 0 amide bonds. The number of halogens is 1. The monoisotopic (exact) mass is 247 g/mol. The van der Waals surface area contributed by atoms with Gasteiger partial charge in [0.2, 0.25) is 0 Å². The van der Waals surface area contributed by atoms with Crippen LogP contribution in [0.5, 0.6) is 0 Å². The molecule has 0 aliphatic rings. The Bertz CT molecular complexity index is 496. The molecular formula is C9H10ClNO3S. The molecule has 4 nitrogen and oxygen atoms in total. The highest BCUT2D eigenvalue weighted by molar-refractivity contribution is 8.13. The minimum Gasteiger partial charge on any atom is -0.300 e. The Morgan fingerprint density at radius 2 is 2.13 bits per heavy atom. The van der Waals surface area contributed by atoms with Crippen molar-refractivity contribution in [1.29, 1.82) is 0 Å². The number of rotatable bonds is 3. The first kappa shape index (κ1) is 12.1. The van der Waals surface area contributed by atoms with Crippen molar-refractivity contribution in [1.82, 2.24) is 4.98 Å². The molecule has 0 aliphatic carbocycles. The normalized spacial score (nSPS) is 11.4. The zero-order valence-electron chi connectivity index (χ0n) is 8.32. The number of hydrogen-bond donors (Lipinski definition) is 0. The molecule has 0 radical (unpaired) electrons. The Morgan fingerprint density at radius 3 is 2.53 bits per heavy atom. The highest BCUT2D eigenvalue weighted by Gasteiger charge is 2.14. The van der Waals surface area contributed by atoms with Crippen LogP contribution in [0.25, 0.3) is 0 Å². The molecule has 1 rings (SSSR count). The molecule has 82 valence electrons. The van der Waals surface area contributed by atoms with Gasteiger partial charge in [0, 0.05) is 29.0 Å². The third kappa shape index (κ3) is 3.28. The van der Waals surface area contributed by atoms with Gasteiger partial charge in [0.15, 0.2) is 0 Å². The lowest BCUT2D eigenvalue weighted by Crippen LogP contribution is -2.02. The largest absolute Gasteiger partial charge is 0.300 e.